The van der Waals surface area contributed by atoms with Gasteiger partial charge in [-0.05, 0) is 125 Å². The molecule has 0 aliphatic heterocycles. The summed E-state index contributed by atoms with van der Waals surface area (Å²) in [6, 6.07) is 0. The molecule has 0 amide bonds. The third-order valence-electron chi connectivity index (χ3n) is 11.1. The topological polar surface area (TPSA) is 20.2 Å². The van der Waals surface area contributed by atoms with Crippen molar-refractivity contribution >= 4 is 0 Å². The van der Waals surface area contributed by atoms with Crippen LogP contribution in [0.1, 0.15) is 125 Å². The maximum Gasteiger partial charge on any atom is 0.0571 e. The largest absolute Gasteiger partial charge is 0.393 e. The molecule has 0 aromatic heterocycles. The monoisotopic (exact) mass is 440 g/mol. The predicted octanol–water partition coefficient (Wildman–Crippen LogP) is 8.87. The summed E-state index contributed by atoms with van der Waals surface area (Å²) in [5.74, 6) is 3.87. The second-order valence-corrected chi connectivity index (χ2v) is 13.1. The molecule has 32 heavy (non-hydrogen) atoms. The molecule has 0 spiro atoms. The Kier molecular flexibility index (Phi) is 7.36. The lowest BCUT2D eigenvalue weighted by molar-refractivity contribution is -0.0455. The maximum atomic E-state index is 10.9. The molecule has 2 fully saturated rings. The maximum absolute atomic E-state index is 10.9. The van der Waals surface area contributed by atoms with Gasteiger partial charge >= 0.3 is 0 Å². The Balaban J connectivity index is 1.55. The van der Waals surface area contributed by atoms with Crippen LogP contribution in [0.2, 0.25) is 0 Å². The molecule has 1 N–H and O–H groups in total. The smallest absolute Gasteiger partial charge is 0.0571 e. The van der Waals surface area contributed by atoms with E-state index in [1.54, 1.807) is 0 Å². The van der Waals surface area contributed by atoms with E-state index in [0.717, 1.165) is 30.1 Å². The first-order valence-electron chi connectivity index (χ1n) is 14.3. The van der Waals surface area contributed by atoms with E-state index in [1.165, 1.54) is 82.6 Å². The molecule has 0 radical (unpaired) electrons. The van der Waals surface area contributed by atoms with E-state index in [4.69, 9.17) is 0 Å². The Hall–Kier alpha value is -0.560. The summed E-state index contributed by atoms with van der Waals surface area (Å²) in [4.78, 5) is 0. The van der Waals surface area contributed by atoms with Crippen LogP contribution in [0, 0.1) is 40.4 Å². The van der Waals surface area contributed by atoms with Gasteiger partial charge in [0.05, 0.1) is 6.10 Å². The van der Waals surface area contributed by atoms with Gasteiger partial charge in [-0.25, -0.2) is 0 Å². The lowest BCUT2D eigenvalue weighted by atomic mass is 9.48. The van der Waals surface area contributed by atoms with Crippen molar-refractivity contribution in [1.29, 1.82) is 0 Å². The SMILES string of the molecule is CCCCC1C(O)CC[C@]2(C)C3=C(CCC12)[C@@H]1CC[C@H]([C@H](C)CCC=C(C)C)[C@@]1(C)CC3. The molecule has 182 valence electrons. The minimum absolute atomic E-state index is 0.0480. The molecular formula is C31H52O. The number of unbranched alkanes of at least 4 members (excludes halogenated alkanes) is 1. The summed E-state index contributed by atoms with van der Waals surface area (Å²) in [5.41, 5.74) is 6.19. The highest BCUT2D eigenvalue weighted by molar-refractivity contribution is 5.35. The van der Waals surface area contributed by atoms with Crippen LogP contribution < -0.4 is 0 Å². The molecule has 2 saturated carbocycles. The fraction of sp³-hybridized carbons (Fsp3) is 0.871. The van der Waals surface area contributed by atoms with Crippen molar-refractivity contribution in [3.63, 3.8) is 0 Å². The van der Waals surface area contributed by atoms with Gasteiger partial charge in [-0.15, -0.1) is 0 Å². The van der Waals surface area contributed by atoms with Crippen molar-refractivity contribution in [2.24, 2.45) is 40.4 Å². The molecule has 0 aromatic rings. The van der Waals surface area contributed by atoms with Crippen molar-refractivity contribution in [3.8, 4) is 0 Å². The van der Waals surface area contributed by atoms with Gasteiger partial charge in [-0.3, -0.25) is 0 Å². The van der Waals surface area contributed by atoms with Crippen molar-refractivity contribution in [2.75, 3.05) is 0 Å². The molecule has 3 unspecified atom stereocenters. The Morgan fingerprint density at radius 1 is 1.09 bits per heavy atom. The second-order valence-electron chi connectivity index (χ2n) is 13.1. The molecule has 8 atom stereocenters. The summed E-state index contributed by atoms with van der Waals surface area (Å²) in [5, 5.41) is 10.9. The van der Waals surface area contributed by atoms with Crippen LogP contribution in [0.5, 0.6) is 0 Å². The van der Waals surface area contributed by atoms with Gasteiger partial charge in [0.15, 0.2) is 0 Å². The molecule has 0 heterocycles. The molecule has 0 saturated heterocycles. The van der Waals surface area contributed by atoms with Crippen LogP contribution in [-0.2, 0) is 0 Å². The van der Waals surface area contributed by atoms with Gasteiger partial charge in [0.1, 0.15) is 0 Å². The van der Waals surface area contributed by atoms with Crippen LogP contribution in [0.3, 0.4) is 0 Å². The van der Waals surface area contributed by atoms with Gasteiger partial charge in [0, 0.05) is 0 Å². The fourth-order valence-electron chi connectivity index (χ4n) is 9.35. The zero-order valence-corrected chi connectivity index (χ0v) is 22.2. The highest BCUT2D eigenvalue weighted by atomic mass is 16.3. The predicted molar refractivity (Wildman–Crippen MR) is 137 cm³/mol. The summed E-state index contributed by atoms with van der Waals surface area (Å²) in [7, 11) is 0. The standard InChI is InChI=1S/C31H52O/c1-7-8-12-24-27-14-13-23-26-16-15-25(22(4)11-9-10-21(2)3)30(26,5)19-17-28(23)31(27,6)20-18-29(24)32/h10,22,24-27,29,32H,7-9,11-20H2,1-6H3/t22-,24?,25-,26+,27?,29?,30-,31+/m1/s1. The molecule has 1 heteroatoms. The van der Waals surface area contributed by atoms with Crippen molar-refractivity contribution in [2.45, 2.75) is 131 Å². The van der Waals surface area contributed by atoms with E-state index in [9.17, 15) is 5.11 Å². The first-order valence-corrected chi connectivity index (χ1v) is 14.3. The molecule has 0 bridgehead atoms. The lowest BCUT2D eigenvalue weighted by Gasteiger charge is -2.57. The van der Waals surface area contributed by atoms with Crippen LogP contribution in [0.25, 0.3) is 0 Å². The number of fused-ring (bicyclic) bond motifs is 4. The fourth-order valence-corrected chi connectivity index (χ4v) is 9.35. The second kappa shape index (κ2) is 9.59. The number of aliphatic hydroxyl groups is 1. The first kappa shape index (κ1) is 24.6. The van der Waals surface area contributed by atoms with E-state index in [2.05, 4.69) is 47.6 Å². The van der Waals surface area contributed by atoms with Gasteiger partial charge in [-0.2, -0.15) is 0 Å². The van der Waals surface area contributed by atoms with Crippen LogP contribution in [0.4, 0.5) is 0 Å². The normalized spacial score (nSPS) is 42.2. The average molecular weight is 441 g/mol. The van der Waals surface area contributed by atoms with E-state index in [1.807, 2.05) is 11.1 Å². The van der Waals surface area contributed by atoms with Gasteiger partial charge in [0.25, 0.3) is 0 Å². The summed E-state index contributed by atoms with van der Waals surface area (Å²) in [6.07, 6.45) is 19.4. The third-order valence-corrected chi connectivity index (χ3v) is 11.1. The molecule has 0 aromatic carbocycles. The zero-order chi connectivity index (χ0) is 23.1. The van der Waals surface area contributed by atoms with Crippen molar-refractivity contribution < 1.29 is 5.11 Å². The highest BCUT2D eigenvalue weighted by Crippen LogP contribution is 2.66. The molecule has 4 rings (SSSR count). The quantitative estimate of drug-likeness (QED) is 0.392. The molecular weight excluding hydrogens is 388 g/mol. The first-order chi connectivity index (χ1) is 15.2. The van der Waals surface area contributed by atoms with Crippen LogP contribution >= 0.6 is 0 Å². The number of allylic oxidation sites excluding steroid dienone is 4. The lowest BCUT2D eigenvalue weighted by Crippen LogP contribution is -2.49. The number of rotatable bonds is 7. The van der Waals surface area contributed by atoms with Crippen LogP contribution in [0.15, 0.2) is 22.8 Å². The molecule has 4 aliphatic carbocycles. The summed E-state index contributed by atoms with van der Waals surface area (Å²) < 4.78 is 0. The summed E-state index contributed by atoms with van der Waals surface area (Å²) in [6.45, 7) is 14.6. The molecule has 4 aliphatic rings. The minimum Gasteiger partial charge on any atom is -0.393 e. The van der Waals surface area contributed by atoms with E-state index in [-0.39, 0.29) is 6.10 Å². The molecule has 1 nitrogen and oxygen atoms in total. The number of aliphatic hydroxyl groups excluding tert-OH is 1. The Labute approximate surface area is 199 Å². The summed E-state index contributed by atoms with van der Waals surface area (Å²) >= 11 is 0. The number of hydrogen-bond acceptors (Lipinski definition) is 1. The van der Waals surface area contributed by atoms with Gasteiger partial charge < -0.3 is 5.11 Å². The minimum atomic E-state index is -0.0480. The van der Waals surface area contributed by atoms with E-state index in [0.29, 0.717) is 16.7 Å². The highest BCUT2D eigenvalue weighted by Gasteiger charge is 2.57. The van der Waals surface area contributed by atoms with E-state index >= 15 is 0 Å². The number of hydrogen-bond donors (Lipinski definition) is 1. The Morgan fingerprint density at radius 2 is 1.88 bits per heavy atom. The Bertz CT molecular complexity index is 727. The van der Waals surface area contributed by atoms with Crippen molar-refractivity contribution in [3.05, 3.63) is 22.8 Å². The van der Waals surface area contributed by atoms with Crippen molar-refractivity contribution in [1.82, 2.24) is 0 Å². The van der Waals surface area contributed by atoms with Gasteiger partial charge in [-0.1, -0.05) is 63.3 Å². The average Bonchev–Trinajstić information content (AvgIpc) is 3.10. The Morgan fingerprint density at radius 3 is 2.59 bits per heavy atom. The zero-order valence-electron chi connectivity index (χ0n) is 22.2. The van der Waals surface area contributed by atoms with Crippen LogP contribution in [-0.4, -0.2) is 11.2 Å². The van der Waals surface area contributed by atoms with Gasteiger partial charge in [0.2, 0.25) is 0 Å². The third kappa shape index (κ3) is 4.18. The van der Waals surface area contributed by atoms with E-state index < -0.39 is 0 Å².